The maximum absolute atomic E-state index is 12.1. The van der Waals surface area contributed by atoms with E-state index in [0.717, 1.165) is 33.9 Å². The van der Waals surface area contributed by atoms with E-state index in [9.17, 15) is 3.83 Å². The molecule has 1 heterocycles. The zero-order chi connectivity index (χ0) is 13.9. The van der Waals surface area contributed by atoms with Gasteiger partial charge in [-0.1, -0.05) is 0 Å². The maximum atomic E-state index is 12.1. The van der Waals surface area contributed by atoms with Crippen LogP contribution >= 0.6 is 11.6 Å². The molecule has 0 fully saturated rings. The van der Waals surface area contributed by atoms with Crippen molar-refractivity contribution in [3.05, 3.63) is 53.6 Å². The van der Waals surface area contributed by atoms with E-state index in [0.29, 0.717) is 5.44 Å². The quantitative estimate of drug-likeness (QED) is 0.857. The summed E-state index contributed by atoms with van der Waals surface area (Å²) in [5, 5.41) is 4.10. The fraction of sp³-hybridized carbons (Fsp3) is 0.200. The number of fused-ring (bicyclic) bond motifs is 1. The fourth-order valence-electron chi connectivity index (χ4n) is 2.28. The van der Waals surface area contributed by atoms with Crippen molar-refractivity contribution in [1.29, 1.82) is 0 Å². The van der Waals surface area contributed by atoms with Crippen molar-refractivity contribution >= 4 is 41.3 Å². The SMILES string of the molecule is O=[Se]1CN(CCNc2ccc(Cl)cc2)c2ccccc21. The summed E-state index contributed by atoms with van der Waals surface area (Å²) in [4.78, 5) is 2.20. The average Bonchev–Trinajstić information content (AvgIpc) is 2.79. The number of hydrogen-bond acceptors (Lipinski definition) is 3. The molecule has 1 N–H and O–H groups in total. The topological polar surface area (TPSA) is 32.3 Å². The number of rotatable bonds is 4. The van der Waals surface area contributed by atoms with Crippen LogP contribution in [0.15, 0.2) is 48.5 Å². The first-order chi connectivity index (χ1) is 9.74. The second-order valence-electron chi connectivity index (χ2n) is 4.64. The van der Waals surface area contributed by atoms with Gasteiger partial charge < -0.3 is 0 Å². The number of nitrogens with zero attached hydrogens (tertiary/aromatic N) is 1. The van der Waals surface area contributed by atoms with Gasteiger partial charge >= 0.3 is 127 Å². The molecule has 0 saturated heterocycles. The zero-order valence-electron chi connectivity index (χ0n) is 10.9. The molecule has 0 bridgehead atoms. The monoisotopic (exact) mass is 354 g/mol. The molecule has 3 rings (SSSR count). The van der Waals surface area contributed by atoms with Gasteiger partial charge in [0.15, 0.2) is 0 Å². The van der Waals surface area contributed by atoms with E-state index < -0.39 is 13.8 Å². The van der Waals surface area contributed by atoms with E-state index in [1.807, 2.05) is 42.5 Å². The third-order valence-corrected chi connectivity index (χ3v) is 6.43. The molecule has 2 aromatic carbocycles. The van der Waals surface area contributed by atoms with Crippen LogP contribution in [-0.2, 0) is 3.83 Å². The minimum atomic E-state index is -1.86. The summed E-state index contributed by atoms with van der Waals surface area (Å²) in [6.45, 7) is 1.66. The summed E-state index contributed by atoms with van der Waals surface area (Å²) in [7, 11) is 0. The molecular weight excluding hydrogens is 339 g/mol. The minimum absolute atomic E-state index is 0.682. The van der Waals surface area contributed by atoms with Gasteiger partial charge in [0.1, 0.15) is 0 Å². The van der Waals surface area contributed by atoms with Gasteiger partial charge in [0.2, 0.25) is 0 Å². The molecule has 2 aromatic rings. The first-order valence-electron chi connectivity index (χ1n) is 6.46. The summed E-state index contributed by atoms with van der Waals surface area (Å²) in [5.41, 5.74) is 2.86. The Morgan fingerprint density at radius 2 is 1.90 bits per heavy atom. The van der Waals surface area contributed by atoms with Crippen molar-refractivity contribution in [2.45, 2.75) is 0 Å². The van der Waals surface area contributed by atoms with Crippen molar-refractivity contribution in [2.75, 3.05) is 28.7 Å². The molecule has 20 heavy (non-hydrogen) atoms. The van der Waals surface area contributed by atoms with Crippen LogP contribution in [0.2, 0.25) is 5.02 Å². The number of para-hydroxylation sites is 1. The fourth-order valence-corrected chi connectivity index (χ4v) is 5.24. The molecule has 1 atom stereocenters. The summed E-state index contributed by atoms with van der Waals surface area (Å²) in [6.07, 6.45) is 0. The molecule has 0 amide bonds. The Bertz CT molecular complexity index is 630. The Balaban J connectivity index is 1.60. The average molecular weight is 354 g/mol. The van der Waals surface area contributed by atoms with Gasteiger partial charge in [-0.05, 0) is 0 Å². The van der Waals surface area contributed by atoms with E-state index in [4.69, 9.17) is 11.6 Å². The molecule has 0 spiro atoms. The van der Waals surface area contributed by atoms with Crippen LogP contribution in [0.25, 0.3) is 0 Å². The summed E-state index contributed by atoms with van der Waals surface area (Å²) in [6, 6.07) is 15.7. The van der Waals surface area contributed by atoms with Crippen LogP contribution in [0.3, 0.4) is 0 Å². The number of benzene rings is 2. The van der Waals surface area contributed by atoms with Crippen LogP contribution in [0, 0.1) is 0 Å². The Morgan fingerprint density at radius 3 is 2.70 bits per heavy atom. The normalized spacial score (nSPS) is 17.1. The molecule has 5 heteroatoms. The molecule has 0 saturated carbocycles. The van der Waals surface area contributed by atoms with Gasteiger partial charge in [0.05, 0.1) is 0 Å². The Labute approximate surface area is 127 Å². The number of halogens is 1. The molecule has 1 unspecified atom stereocenters. The van der Waals surface area contributed by atoms with Gasteiger partial charge in [-0.25, -0.2) is 0 Å². The zero-order valence-corrected chi connectivity index (χ0v) is 13.4. The second kappa shape index (κ2) is 5.96. The number of nitrogens with one attached hydrogen (secondary N) is 1. The number of hydrogen-bond donors (Lipinski definition) is 1. The van der Waals surface area contributed by atoms with E-state index in [1.165, 1.54) is 0 Å². The first kappa shape index (κ1) is 13.6. The molecule has 0 aliphatic carbocycles. The van der Waals surface area contributed by atoms with Crippen molar-refractivity contribution < 1.29 is 3.83 Å². The van der Waals surface area contributed by atoms with Gasteiger partial charge in [-0.3, -0.25) is 0 Å². The summed E-state index contributed by atoms with van der Waals surface area (Å²) >= 11 is 3.99. The molecule has 3 nitrogen and oxygen atoms in total. The number of anilines is 2. The van der Waals surface area contributed by atoms with Crippen molar-refractivity contribution in [3.8, 4) is 0 Å². The van der Waals surface area contributed by atoms with E-state index >= 15 is 0 Å². The molecule has 1 aliphatic rings. The summed E-state index contributed by atoms with van der Waals surface area (Å²) < 4.78 is 13.1. The molecule has 0 aromatic heterocycles. The third-order valence-electron chi connectivity index (χ3n) is 3.28. The van der Waals surface area contributed by atoms with E-state index in [2.05, 4.69) is 16.3 Å². The third kappa shape index (κ3) is 2.88. The van der Waals surface area contributed by atoms with Gasteiger partial charge in [0, 0.05) is 0 Å². The van der Waals surface area contributed by atoms with Crippen molar-refractivity contribution in [3.63, 3.8) is 0 Å². The summed E-state index contributed by atoms with van der Waals surface area (Å²) in [5.74, 6) is 0. The Morgan fingerprint density at radius 1 is 1.15 bits per heavy atom. The van der Waals surface area contributed by atoms with Crippen LogP contribution in [-0.4, -0.2) is 32.4 Å². The molecule has 1 aliphatic heterocycles. The van der Waals surface area contributed by atoms with Gasteiger partial charge in [0.25, 0.3) is 0 Å². The van der Waals surface area contributed by atoms with Crippen molar-refractivity contribution in [2.24, 2.45) is 0 Å². The van der Waals surface area contributed by atoms with Gasteiger partial charge in [-0.2, -0.15) is 0 Å². The van der Waals surface area contributed by atoms with Crippen molar-refractivity contribution in [1.82, 2.24) is 0 Å². The predicted octanol–water partition coefficient (Wildman–Crippen LogP) is 2.44. The second-order valence-corrected chi connectivity index (χ2v) is 7.99. The molecule has 104 valence electrons. The molecular formula is C15H15ClN2OSe. The molecule has 0 radical (unpaired) electrons. The van der Waals surface area contributed by atoms with Crippen LogP contribution in [0.5, 0.6) is 0 Å². The van der Waals surface area contributed by atoms with Crippen LogP contribution in [0.4, 0.5) is 11.4 Å². The van der Waals surface area contributed by atoms with E-state index in [-0.39, 0.29) is 0 Å². The Hall–Kier alpha value is -1.35. The standard InChI is InChI=1S/C15H15ClN2OSe/c16-12-5-7-13(8-6-12)17-9-10-18-11-20(19)15-4-2-1-3-14(15)18/h1-8,17H,9-11H2. The van der Waals surface area contributed by atoms with Crippen LogP contribution < -0.4 is 14.7 Å². The van der Waals surface area contributed by atoms with E-state index in [1.54, 1.807) is 0 Å². The predicted molar refractivity (Wildman–Crippen MR) is 84.7 cm³/mol. The first-order valence-corrected chi connectivity index (χ1v) is 9.60. The van der Waals surface area contributed by atoms with Gasteiger partial charge in [-0.15, -0.1) is 0 Å². The van der Waals surface area contributed by atoms with Crippen LogP contribution in [0.1, 0.15) is 0 Å². The Kier molecular flexibility index (Phi) is 4.06.